The van der Waals surface area contributed by atoms with Crippen LogP contribution in [0.1, 0.15) is 0 Å². The van der Waals surface area contributed by atoms with Gasteiger partial charge in [-0.2, -0.15) is 0 Å². The normalized spacial score (nSPS) is 11.6. The Balaban J connectivity index is 1.13. The first-order chi connectivity index (χ1) is 22.3. The van der Waals surface area contributed by atoms with Crippen LogP contribution in [0.3, 0.4) is 0 Å². The van der Waals surface area contributed by atoms with Gasteiger partial charge in [-0.3, -0.25) is 4.98 Å². The smallest absolute Gasteiger partial charge is 0.143 e. The summed E-state index contributed by atoms with van der Waals surface area (Å²) in [6, 6.07) is 53.6. The highest BCUT2D eigenvalue weighted by Gasteiger charge is 2.16. The van der Waals surface area contributed by atoms with E-state index in [-0.39, 0.29) is 0 Å². The van der Waals surface area contributed by atoms with Gasteiger partial charge in [-0.1, -0.05) is 84.9 Å². The van der Waals surface area contributed by atoms with Gasteiger partial charge in [-0.25, -0.2) is 0 Å². The first-order valence-electron chi connectivity index (χ1n) is 15.1. The van der Waals surface area contributed by atoms with Gasteiger partial charge in [0.2, 0.25) is 0 Å². The number of fused-ring (bicyclic) bond motifs is 6. The molecule has 0 aliphatic heterocycles. The number of para-hydroxylation sites is 4. The second-order valence-corrected chi connectivity index (χ2v) is 11.3. The number of pyridine rings is 1. The van der Waals surface area contributed by atoms with Crippen LogP contribution < -0.4 is 4.90 Å². The Morgan fingerprint density at radius 3 is 1.80 bits per heavy atom. The van der Waals surface area contributed by atoms with Crippen LogP contribution >= 0.6 is 0 Å². The zero-order valence-corrected chi connectivity index (χ0v) is 24.3. The summed E-state index contributed by atoms with van der Waals surface area (Å²) in [4.78, 5) is 6.60. The van der Waals surface area contributed by atoms with Crippen molar-refractivity contribution in [2.45, 2.75) is 0 Å². The molecule has 0 atom stereocenters. The molecule has 4 heteroatoms. The van der Waals surface area contributed by atoms with Crippen molar-refractivity contribution in [1.82, 2.24) is 9.55 Å². The van der Waals surface area contributed by atoms with Crippen molar-refractivity contribution in [2.24, 2.45) is 0 Å². The van der Waals surface area contributed by atoms with Crippen molar-refractivity contribution in [3.8, 4) is 16.8 Å². The van der Waals surface area contributed by atoms with E-state index in [1.807, 2.05) is 12.3 Å². The second kappa shape index (κ2) is 10.2. The molecule has 0 fully saturated rings. The fourth-order valence-electron chi connectivity index (χ4n) is 6.64. The van der Waals surface area contributed by atoms with E-state index in [1.165, 1.54) is 21.8 Å². The van der Waals surface area contributed by atoms with Crippen LogP contribution in [0.5, 0.6) is 0 Å². The third-order valence-corrected chi connectivity index (χ3v) is 8.70. The summed E-state index contributed by atoms with van der Waals surface area (Å²) in [5, 5.41) is 4.64. The average molecular weight is 578 g/mol. The van der Waals surface area contributed by atoms with Crippen LogP contribution in [0, 0.1) is 0 Å². The molecule has 4 nitrogen and oxygen atoms in total. The molecule has 0 bridgehead atoms. The van der Waals surface area contributed by atoms with E-state index in [2.05, 4.69) is 160 Å². The zero-order valence-electron chi connectivity index (χ0n) is 24.3. The van der Waals surface area contributed by atoms with Gasteiger partial charge in [0.25, 0.3) is 0 Å². The fourth-order valence-corrected chi connectivity index (χ4v) is 6.64. The third kappa shape index (κ3) is 4.11. The Kier molecular flexibility index (Phi) is 5.78. The van der Waals surface area contributed by atoms with Crippen molar-refractivity contribution >= 4 is 60.8 Å². The van der Waals surface area contributed by atoms with Gasteiger partial charge in [-0.15, -0.1) is 0 Å². The second-order valence-electron chi connectivity index (χ2n) is 11.3. The summed E-state index contributed by atoms with van der Waals surface area (Å²) in [5.41, 5.74) is 10.7. The molecule has 0 aliphatic rings. The van der Waals surface area contributed by atoms with Crippen molar-refractivity contribution in [3.63, 3.8) is 0 Å². The van der Waals surface area contributed by atoms with E-state index in [1.54, 1.807) is 6.20 Å². The predicted octanol–water partition coefficient (Wildman–Crippen LogP) is 11.2. The van der Waals surface area contributed by atoms with Crippen LogP contribution in [-0.4, -0.2) is 9.55 Å². The molecule has 45 heavy (non-hydrogen) atoms. The van der Waals surface area contributed by atoms with Gasteiger partial charge >= 0.3 is 0 Å². The molecule has 3 heterocycles. The molecule has 0 spiro atoms. The van der Waals surface area contributed by atoms with Gasteiger partial charge in [0.1, 0.15) is 11.2 Å². The number of aromatic nitrogens is 2. The van der Waals surface area contributed by atoms with Crippen LogP contribution in [0.15, 0.2) is 168 Å². The summed E-state index contributed by atoms with van der Waals surface area (Å²) >= 11 is 0. The number of furan rings is 1. The average Bonchev–Trinajstić information content (AvgIpc) is 3.66. The topological polar surface area (TPSA) is 34.2 Å². The van der Waals surface area contributed by atoms with E-state index in [0.717, 1.165) is 55.8 Å². The summed E-state index contributed by atoms with van der Waals surface area (Å²) in [6.07, 6.45) is 3.64. The Bertz CT molecular complexity index is 2420. The zero-order chi connectivity index (χ0) is 29.7. The highest BCUT2D eigenvalue weighted by Crippen LogP contribution is 2.39. The molecular formula is C41H27N3O. The minimum absolute atomic E-state index is 0.851. The molecular weight excluding hydrogens is 550 g/mol. The van der Waals surface area contributed by atoms with Gasteiger partial charge in [-0.05, 0) is 72.3 Å². The lowest BCUT2D eigenvalue weighted by molar-refractivity contribution is 0.669. The lowest BCUT2D eigenvalue weighted by atomic mass is 10.0. The van der Waals surface area contributed by atoms with Gasteiger partial charge in [0.05, 0.1) is 11.0 Å². The maximum atomic E-state index is 6.30. The van der Waals surface area contributed by atoms with E-state index in [4.69, 9.17) is 4.42 Å². The minimum Gasteiger partial charge on any atom is -0.455 e. The molecule has 0 saturated carbocycles. The first-order valence-corrected chi connectivity index (χ1v) is 15.1. The minimum atomic E-state index is 0.851. The molecule has 0 unspecified atom stereocenters. The highest BCUT2D eigenvalue weighted by atomic mass is 16.3. The molecule has 0 radical (unpaired) electrons. The lowest BCUT2D eigenvalue weighted by Crippen LogP contribution is -2.10. The number of benzene rings is 6. The Hall–Kier alpha value is -6.13. The van der Waals surface area contributed by atoms with Crippen molar-refractivity contribution in [1.29, 1.82) is 0 Å². The molecule has 0 N–H and O–H groups in total. The van der Waals surface area contributed by atoms with Crippen molar-refractivity contribution in [3.05, 3.63) is 164 Å². The van der Waals surface area contributed by atoms with E-state index in [0.29, 0.717) is 0 Å². The number of anilines is 3. The van der Waals surface area contributed by atoms with Gasteiger partial charge in [0, 0.05) is 62.3 Å². The van der Waals surface area contributed by atoms with E-state index in [9.17, 15) is 0 Å². The monoisotopic (exact) mass is 577 g/mol. The summed E-state index contributed by atoms with van der Waals surface area (Å²) in [5.74, 6) is 0. The molecule has 0 saturated heterocycles. The quantitative estimate of drug-likeness (QED) is 0.204. The van der Waals surface area contributed by atoms with Gasteiger partial charge in [0.15, 0.2) is 0 Å². The Labute approximate surface area is 260 Å². The summed E-state index contributed by atoms with van der Waals surface area (Å²) < 4.78 is 8.65. The number of nitrogens with zero attached hydrogens (tertiary/aromatic N) is 3. The molecule has 6 aromatic carbocycles. The van der Waals surface area contributed by atoms with E-state index >= 15 is 0 Å². The van der Waals surface area contributed by atoms with Crippen LogP contribution in [0.4, 0.5) is 17.1 Å². The number of hydrogen-bond acceptors (Lipinski definition) is 3. The van der Waals surface area contributed by atoms with E-state index < -0.39 is 0 Å². The maximum Gasteiger partial charge on any atom is 0.143 e. The molecule has 9 aromatic rings. The SMILES string of the molecule is c1ccc(N(c2ccc(-c3cccc4c3oc3ccncc34)cc2)c2ccc(-n3c4ccccc4c4ccccc43)cc2)cc1. The Morgan fingerprint density at radius 1 is 0.489 bits per heavy atom. The van der Waals surface area contributed by atoms with Crippen molar-refractivity contribution < 1.29 is 4.42 Å². The van der Waals surface area contributed by atoms with Crippen LogP contribution in [0.2, 0.25) is 0 Å². The molecule has 9 rings (SSSR count). The molecule has 0 aliphatic carbocycles. The Morgan fingerprint density at radius 2 is 1.09 bits per heavy atom. The van der Waals surface area contributed by atoms with Crippen molar-refractivity contribution in [2.75, 3.05) is 4.90 Å². The predicted molar refractivity (Wildman–Crippen MR) is 186 cm³/mol. The fraction of sp³-hybridized carbons (Fsp3) is 0. The molecule has 212 valence electrons. The van der Waals surface area contributed by atoms with Crippen LogP contribution in [0.25, 0.3) is 60.6 Å². The number of rotatable bonds is 5. The standard InChI is InChI=1S/C41H27N3O/c1-2-9-29(10-3-1)43(30-19-17-28(18-20-30)33-13-8-14-36-37-27-42-26-25-40(37)45-41(33)36)31-21-23-32(24-22-31)44-38-15-6-4-11-34(38)35-12-5-7-16-39(35)44/h1-27H. The highest BCUT2D eigenvalue weighted by molar-refractivity contribution is 6.10. The largest absolute Gasteiger partial charge is 0.455 e. The number of hydrogen-bond donors (Lipinski definition) is 0. The lowest BCUT2D eigenvalue weighted by Gasteiger charge is -2.26. The first kappa shape index (κ1) is 25.4. The summed E-state index contributed by atoms with van der Waals surface area (Å²) in [6.45, 7) is 0. The maximum absolute atomic E-state index is 6.30. The molecule has 3 aromatic heterocycles. The van der Waals surface area contributed by atoms with Gasteiger partial charge < -0.3 is 13.9 Å². The summed E-state index contributed by atoms with van der Waals surface area (Å²) in [7, 11) is 0. The van der Waals surface area contributed by atoms with Crippen LogP contribution in [-0.2, 0) is 0 Å². The third-order valence-electron chi connectivity index (χ3n) is 8.70. The molecule has 0 amide bonds.